The first-order valence-corrected chi connectivity index (χ1v) is 8.58. The van der Waals surface area contributed by atoms with E-state index in [4.69, 9.17) is 0 Å². The van der Waals surface area contributed by atoms with Gasteiger partial charge in [-0.05, 0) is 25.8 Å². The Labute approximate surface area is 145 Å². The van der Waals surface area contributed by atoms with Gasteiger partial charge in [0, 0.05) is 24.8 Å². The molecule has 1 amide bonds. The molecule has 1 aromatic carbocycles. The standard InChI is InChI=1S/C18H20N6O/c1-2-24-15(10-11-19-24)18(25)23-12-6-9-14(23)17-20-16(21-22-17)13-7-4-3-5-8-13/h3-5,7-8,10-11,14H,2,6,9,12H2,1H3,(H,20,21,22)/t14-/m0/s1. The molecule has 4 rings (SSSR count). The highest BCUT2D eigenvalue weighted by atomic mass is 16.2. The van der Waals surface area contributed by atoms with E-state index >= 15 is 0 Å². The predicted molar refractivity (Wildman–Crippen MR) is 92.7 cm³/mol. The zero-order valence-corrected chi connectivity index (χ0v) is 14.1. The average Bonchev–Trinajstić information content (AvgIpc) is 3.41. The lowest BCUT2D eigenvalue weighted by Gasteiger charge is -2.23. The molecule has 0 unspecified atom stereocenters. The molecule has 0 saturated carbocycles. The van der Waals surface area contributed by atoms with Crippen LogP contribution in [0.15, 0.2) is 42.6 Å². The van der Waals surface area contributed by atoms with Crippen molar-refractivity contribution < 1.29 is 4.79 Å². The molecule has 7 nitrogen and oxygen atoms in total. The summed E-state index contributed by atoms with van der Waals surface area (Å²) in [4.78, 5) is 19.5. The van der Waals surface area contributed by atoms with Gasteiger partial charge in [-0.1, -0.05) is 30.3 Å². The first-order chi connectivity index (χ1) is 12.3. The topological polar surface area (TPSA) is 79.7 Å². The Morgan fingerprint density at radius 3 is 2.92 bits per heavy atom. The van der Waals surface area contributed by atoms with Crippen molar-refractivity contribution in [1.82, 2.24) is 29.9 Å². The number of likely N-dealkylation sites (tertiary alicyclic amines) is 1. The second-order valence-corrected chi connectivity index (χ2v) is 6.10. The molecule has 1 aliphatic rings. The number of carbonyl (C=O) groups excluding carboxylic acids is 1. The maximum absolute atomic E-state index is 13.0. The third-order valence-electron chi connectivity index (χ3n) is 4.60. The molecule has 7 heteroatoms. The molecule has 1 aliphatic heterocycles. The van der Waals surface area contributed by atoms with Crippen LogP contribution in [0.5, 0.6) is 0 Å². The molecule has 1 atom stereocenters. The quantitative estimate of drug-likeness (QED) is 0.794. The van der Waals surface area contributed by atoms with Gasteiger partial charge >= 0.3 is 0 Å². The van der Waals surface area contributed by atoms with E-state index in [1.165, 1.54) is 0 Å². The minimum atomic E-state index is -0.0716. The molecule has 0 radical (unpaired) electrons. The van der Waals surface area contributed by atoms with Gasteiger partial charge in [0.05, 0.1) is 6.04 Å². The number of H-pyrrole nitrogens is 1. The summed E-state index contributed by atoms with van der Waals surface area (Å²) < 4.78 is 1.73. The van der Waals surface area contributed by atoms with Crippen LogP contribution < -0.4 is 0 Å². The van der Waals surface area contributed by atoms with E-state index in [0.29, 0.717) is 18.1 Å². The maximum atomic E-state index is 13.0. The SMILES string of the molecule is CCn1nccc1C(=O)N1CCC[C@H]1c1nc(-c2ccccc2)n[nH]1. The van der Waals surface area contributed by atoms with Crippen LogP contribution in [0.3, 0.4) is 0 Å². The zero-order chi connectivity index (χ0) is 17.2. The fourth-order valence-corrected chi connectivity index (χ4v) is 3.35. The van der Waals surface area contributed by atoms with Gasteiger partial charge in [0.25, 0.3) is 5.91 Å². The lowest BCUT2D eigenvalue weighted by Crippen LogP contribution is -2.32. The van der Waals surface area contributed by atoms with Gasteiger partial charge in [0.1, 0.15) is 11.5 Å². The number of nitrogens with one attached hydrogen (secondary N) is 1. The molecule has 3 heterocycles. The van der Waals surface area contributed by atoms with Crippen molar-refractivity contribution in [2.24, 2.45) is 0 Å². The van der Waals surface area contributed by atoms with Crippen LogP contribution in [0.4, 0.5) is 0 Å². The van der Waals surface area contributed by atoms with Gasteiger partial charge < -0.3 is 4.90 Å². The maximum Gasteiger partial charge on any atom is 0.272 e. The van der Waals surface area contributed by atoms with Crippen LogP contribution in [-0.4, -0.2) is 42.3 Å². The number of benzene rings is 1. The Bertz CT molecular complexity index is 869. The Balaban J connectivity index is 1.60. The molecule has 0 bridgehead atoms. The highest BCUT2D eigenvalue weighted by Crippen LogP contribution is 2.32. The smallest absolute Gasteiger partial charge is 0.272 e. The van der Waals surface area contributed by atoms with Gasteiger partial charge in [-0.3, -0.25) is 14.6 Å². The number of rotatable bonds is 4. The van der Waals surface area contributed by atoms with E-state index in [-0.39, 0.29) is 11.9 Å². The number of hydrogen-bond acceptors (Lipinski definition) is 4. The summed E-state index contributed by atoms with van der Waals surface area (Å²) in [6.07, 6.45) is 3.51. The van der Waals surface area contributed by atoms with Crippen molar-refractivity contribution in [1.29, 1.82) is 0 Å². The van der Waals surface area contributed by atoms with Gasteiger partial charge in [0.15, 0.2) is 5.82 Å². The molecule has 25 heavy (non-hydrogen) atoms. The number of hydrogen-bond donors (Lipinski definition) is 1. The number of aromatic amines is 1. The highest BCUT2D eigenvalue weighted by Gasteiger charge is 2.34. The van der Waals surface area contributed by atoms with E-state index in [1.807, 2.05) is 42.2 Å². The van der Waals surface area contributed by atoms with Crippen LogP contribution >= 0.6 is 0 Å². The highest BCUT2D eigenvalue weighted by molar-refractivity contribution is 5.93. The number of amides is 1. The number of aromatic nitrogens is 5. The predicted octanol–water partition coefficient (Wildman–Crippen LogP) is 2.67. The normalized spacial score (nSPS) is 17.2. The molecular formula is C18H20N6O. The molecule has 3 aromatic rings. The van der Waals surface area contributed by atoms with E-state index in [9.17, 15) is 4.79 Å². The van der Waals surface area contributed by atoms with Crippen LogP contribution in [0.1, 0.15) is 42.1 Å². The van der Waals surface area contributed by atoms with Crippen molar-refractivity contribution >= 4 is 5.91 Å². The molecule has 0 aliphatic carbocycles. The largest absolute Gasteiger partial charge is 0.327 e. The second kappa shape index (κ2) is 6.51. The van der Waals surface area contributed by atoms with Gasteiger partial charge in [0.2, 0.25) is 0 Å². The zero-order valence-electron chi connectivity index (χ0n) is 14.1. The van der Waals surface area contributed by atoms with E-state index in [2.05, 4.69) is 20.3 Å². The van der Waals surface area contributed by atoms with Crippen molar-refractivity contribution in [3.63, 3.8) is 0 Å². The third kappa shape index (κ3) is 2.82. The second-order valence-electron chi connectivity index (χ2n) is 6.10. The third-order valence-corrected chi connectivity index (χ3v) is 4.60. The summed E-state index contributed by atoms with van der Waals surface area (Å²) in [6, 6.07) is 11.5. The Hall–Kier alpha value is -2.96. The van der Waals surface area contributed by atoms with Crippen LogP contribution in [-0.2, 0) is 6.54 Å². The lowest BCUT2D eigenvalue weighted by molar-refractivity contribution is 0.0717. The molecule has 1 fully saturated rings. The van der Waals surface area contributed by atoms with Crippen LogP contribution in [0.2, 0.25) is 0 Å². The summed E-state index contributed by atoms with van der Waals surface area (Å²) >= 11 is 0. The van der Waals surface area contributed by atoms with Gasteiger partial charge in [-0.15, -0.1) is 0 Å². The van der Waals surface area contributed by atoms with Gasteiger partial charge in [-0.2, -0.15) is 10.2 Å². The lowest BCUT2D eigenvalue weighted by atomic mass is 10.2. The number of nitrogens with zero attached hydrogens (tertiary/aromatic N) is 5. The summed E-state index contributed by atoms with van der Waals surface area (Å²) in [5.41, 5.74) is 1.59. The molecule has 2 aromatic heterocycles. The Kier molecular flexibility index (Phi) is 4.05. The van der Waals surface area contributed by atoms with Gasteiger partial charge in [-0.25, -0.2) is 4.98 Å². The van der Waals surface area contributed by atoms with Crippen molar-refractivity contribution in [3.8, 4) is 11.4 Å². The van der Waals surface area contributed by atoms with Crippen molar-refractivity contribution in [3.05, 3.63) is 54.1 Å². The fourth-order valence-electron chi connectivity index (χ4n) is 3.35. The average molecular weight is 336 g/mol. The van der Waals surface area contributed by atoms with Crippen molar-refractivity contribution in [2.45, 2.75) is 32.4 Å². The summed E-state index contributed by atoms with van der Waals surface area (Å²) in [7, 11) is 0. The first-order valence-electron chi connectivity index (χ1n) is 8.58. The van der Waals surface area contributed by atoms with E-state index in [0.717, 1.165) is 30.8 Å². The Morgan fingerprint density at radius 2 is 2.12 bits per heavy atom. The first kappa shape index (κ1) is 15.6. The summed E-state index contributed by atoms with van der Waals surface area (Å²) in [5, 5.41) is 11.6. The molecule has 1 saturated heterocycles. The molecular weight excluding hydrogens is 316 g/mol. The van der Waals surface area contributed by atoms with Crippen LogP contribution in [0.25, 0.3) is 11.4 Å². The van der Waals surface area contributed by atoms with Crippen LogP contribution in [0, 0.1) is 0 Å². The number of aryl methyl sites for hydroxylation is 1. The monoisotopic (exact) mass is 336 g/mol. The molecule has 1 N–H and O–H groups in total. The summed E-state index contributed by atoms with van der Waals surface area (Å²) in [6.45, 7) is 3.38. The minimum Gasteiger partial charge on any atom is -0.327 e. The van der Waals surface area contributed by atoms with E-state index in [1.54, 1.807) is 16.9 Å². The Morgan fingerprint density at radius 1 is 1.28 bits per heavy atom. The molecule has 128 valence electrons. The van der Waals surface area contributed by atoms with E-state index < -0.39 is 0 Å². The molecule has 0 spiro atoms. The van der Waals surface area contributed by atoms with Crippen molar-refractivity contribution in [2.75, 3.05) is 6.54 Å². The minimum absolute atomic E-state index is 0.000453. The fraction of sp³-hybridized carbons (Fsp3) is 0.333. The summed E-state index contributed by atoms with van der Waals surface area (Å²) in [5.74, 6) is 1.40. The number of carbonyl (C=O) groups is 1.